The first-order valence-corrected chi connectivity index (χ1v) is 9.15. The lowest BCUT2D eigenvalue weighted by Gasteiger charge is -2.38. The van der Waals surface area contributed by atoms with Crippen molar-refractivity contribution in [3.8, 4) is 0 Å². The minimum absolute atomic E-state index is 0.0893. The Bertz CT molecular complexity index is 440. The number of thioether (sulfide) groups is 1. The Morgan fingerprint density at radius 3 is 2.48 bits per heavy atom. The molecule has 1 heterocycles. The van der Waals surface area contributed by atoms with Gasteiger partial charge in [0, 0.05) is 49.4 Å². The number of benzene rings is 1. The van der Waals surface area contributed by atoms with Crippen LogP contribution in [0.2, 0.25) is 0 Å². The first kappa shape index (κ1) is 15.3. The van der Waals surface area contributed by atoms with E-state index in [0.29, 0.717) is 0 Å². The smallest absolute Gasteiger partial charge is 0.136 e. The van der Waals surface area contributed by atoms with Crippen LogP contribution in [-0.2, 0) is 0 Å². The van der Waals surface area contributed by atoms with Gasteiger partial charge >= 0.3 is 0 Å². The quantitative estimate of drug-likeness (QED) is 0.769. The van der Waals surface area contributed by atoms with Crippen molar-refractivity contribution in [2.24, 2.45) is 0 Å². The van der Waals surface area contributed by atoms with E-state index in [2.05, 4.69) is 9.80 Å². The second kappa shape index (κ2) is 7.61. The van der Waals surface area contributed by atoms with Gasteiger partial charge in [0.15, 0.2) is 0 Å². The molecule has 1 saturated heterocycles. The van der Waals surface area contributed by atoms with Gasteiger partial charge in [-0.05, 0) is 25.0 Å². The van der Waals surface area contributed by atoms with Gasteiger partial charge in [0.1, 0.15) is 5.82 Å². The molecule has 3 rings (SSSR count). The van der Waals surface area contributed by atoms with E-state index in [1.54, 1.807) is 23.9 Å². The van der Waals surface area contributed by atoms with E-state index in [-0.39, 0.29) is 5.82 Å². The van der Waals surface area contributed by atoms with E-state index in [1.165, 1.54) is 51.9 Å². The third-order valence-electron chi connectivity index (χ3n) is 4.75. The SMILES string of the molecule is Fc1ccccc1SCCN1CCN(C2CCCC2)CC1. The van der Waals surface area contributed by atoms with Crippen LogP contribution in [0.1, 0.15) is 25.7 Å². The number of hydrogen-bond acceptors (Lipinski definition) is 3. The van der Waals surface area contributed by atoms with Crippen molar-refractivity contribution in [1.29, 1.82) is 0 Å². The topological polar surface area (TPSA) is 6.48 Å². The highest BCUT2D eigenvalue weighted by Gasteiger charge is 2.25. The van der Waals surface area contributed by atoms with E-state index in [4.69, 9.17) is 0 Å². The molecule has 0 radical (unpaired) electrons. The Morgan fingerprint density at radius 1 is 1.05 bits per heavy atom. The van der Waals surface area contributed by atoms with Crippen LogP contribution in [0.25, 0.3) is 0 Å². The molecule has 0 aromatic heterocycles. The normalized spacial score (nSPS) is 22.0. The molecular formula is C17H25FN2S. The third-order valence-corrected chi connectivity index (χ3v) is 5.78. The van der Waals surface area contributed by atoms with Crippen LogP contribution in [0.15, 0.2) is 29.2 Å². The second-order valence-corrected chi connectivity index (χ2v) is 7.23. The van der Waals surface area contributed by atoms with Gasteiger partial charge in [-0.25, -0.2) is 4.39 Å². The highest BCUT2D eigenvalue weighted by Crippen LogP contribution is 2.25. The molecule has 116 valence electrons. The molecule has 2 aliphatic rings. The Morgan fingerprint density at radius 2 is 1.76 bits per heavy atom. The minimum atomic E-state index is -0.0893. The predicted octanol–water partition coefficient (Wildman–Crippen LogP) is 3.48. The van der Waals surface area contributed by atoms with Gasteiger partial charge in [-0.2, -0.15) is 0 Å². The lowest BCUT2D eigenvalue weighted by Crippen LogP contribution is -2.50. The van der Waals surface area contributed by atoms with Crippen LogP contribution in [0.4, 0.5) is 4.39 Å². The van der Waals surface area contributed by atoms with E-state index >= 15 is 0 Å². The molecule has 21 heavy (non-hydrogen) atoms. The molecule has 0 N–H and O–H groups in total. The monoisotopic (exact) mass is 308 g/mol. The highest BCUT2D eigenvalue weighted by molar-refractivity contribution is 7.99. The van der Waals surface area contributed by atoms with E-state index < -0.39 is 0 Å². The van der Waals surface area contributed by atoms with Crippen LogP contribution >= 0.6 is 11.8 Å². The molecule has 4 heteroatoms. The van der Waals surface area contributed by atoms with Crippen LogP contribution in [0.3, 0.4) is 0 Å². The summed E-state index contributed by atoms with van der Waals surface area (Å²) < 4.78 is 13.5. The maximum absolute atomic E-state index is 13.5. The molecule has 0 atom stereocenters. The summed E-state index contributed by atoms with van der Waals surface area (Å²) in [5, 5.41) is 0. The second-order valence-electron chi connectivity index (χ2n) is 6.09. The number of halogens is 1. The molecule has 1 aliphatic heterocycles. The molecule has 1 aromatic rings. The molecule has 0 amide bonds. The van der Waals surface area contributed by atoms with E-state index in [0.717, 1.165) is 23.2 Å². The first-order valence-electron chi connectivity index (χ1n) is 8.16. The zero-order chi connectivity index (χ0) is 14.5. The molecule has 0 bridgehead atoms. The van der Waals surface area contributed by atoms with Crippen LogP contribution in [0.5, 0.6) is 0 Å². The first-order chi connectivity index (χ1) is 10.3. The summed E-state index contributed by atoms with van der Waals surface area (Å²) in [5.41, 5.74) is 0. The number of nitrogens with zero attached hydrogens (tertiary/aromatic N) is 2. The van der Waals surface area contributed by atoms with Gasteiger partial charge < -0.3 is 0 Å². The molecule has 1 aromatic carbocycles. The van der Waals surface area contributed by atoms with Gasteiger partial charge in [0.05, 0.1) is 0 Å². The molecule has 2 nitrogen and oxygen atoms in total. The van der Waals surface area contributed by atoms with Gasteiger partial charge in [-0.1, -0.05) is 25.0 Å². The zero-order valence-corrected chi connectivity index (χ0v) is 13.5. The molecule has 2 fully saturated rings. The van der Waals surface area contributed by atoms with Gasteiger partial charge in [0.25, 0.3) is 0 Å². The van der Waals surface area contributed by atoms with Crippen molar-refractivity contribution in [2.45, 2.75) is 36.6 Å². The number of rotatable bonds is 5. The molecule has 1 saturated carbocycles. The van der Waals surface area contributed by atoms with Crippen molar-refractivity contribution in [3.63, 3.8) is 0 Å². The standard InChI is InChI=1S/C17H25FN2S/c18-16-7-3-4-8-17(16)21-14-13-19-9-11-20(12-10-19)15-5-1-2-6-15/h3-4,7-8,15H,1-2,5-6,9-14H2. The summed E-state index contributed by atoms with van der Waals surface area (Å²) in [6, 6.07) is 7.94. The van der Waals surface area contributed by atoms with E-state index in [9.17, 15) is 4.39 Å². The largest absolute Gasteiger partial charge is 0.300 e. The average Bonchev–Trinajstić information content (AvgIpc) is 3.04. The lowest BCUT2D eigenvalue weighted by atomic mass is 10.2. The summed E-state index contributed by atoms with van der Waals surface area (Å²) in [5.74, 6) is 0.887. The summed E-state index contributed by atoms with van der Waals surface area (Å²) >= 11 is 1.64. The summed E-state index contributed by atoms with van der Waals surface area (Å²) in [7, 11) is 0. The molecule has 1 aliphatic carbocycles. The van der Waals surface area contributed by atoms with Crippen molar-refractivity contribution < 1.29 is 4.39 Å². The van der Waals surface area contributed by atoms with Crippen LogP contribution in [-0.4, -0.2) is 54.3 Å². The van der Waals surface area contributed by atoms with Crippen molar-refractivity contribution in [2.75, 3.05) is 38.5 Å². The fourth-order valence-corrected chi connectivity index (χ4v) is 4.42. The summed E-state index contributed by atoms with van der Waals surface area (Å²) in [4.78, 5) is 5.99. The third kappa shape index (κ3) is 4.21. The zero-order valence-electron chi connectivity index (χ0n) is 12.6. The maximum atomic E-state index is 13.5. The van der Waals surface area contributed by atoms with Gasteiger partial charge in [-0.3, -0.25) is 9.80 Å². The lowest BCUT2D eigenvalue weighted by molar-refractivity contribution is 0.102. The number of hydrogen-bond donors (Lipinski definition) is 0. The Kier molecular flexibility index (Phi) is 5.55. The Balaban J connectivity index is 1.37. The number of piperazine rings is 1. The van der Waals surface area contributed by atoms with Gasteiger partial charge in [0.2, 0.25) is 0 Å². The molecular weight excluding hydrogens is 283 g/mol. The summed E-state index contributed by atoms with van der Waals surface area (Å²) in [6.07, 6.45) is 5.65. The molecule has 0 spiro atoms. The van der Waals surface area contributed by atoms with Crippen molar-refractivity contribution in [3.05, 3.63) is 30.1 Å². The Labute approximate surface area is 131 Å². The maximum Gasteiger partial charge on any atom is 0.136 e. The average molecular weight is 308 g/mol. The highest BCUT2D eigenvalue weighted by atomic mass is 32.2. The fourth-order valence-electron chi connectivity index (χ4n) is 3.47. The van der Waals surface area contributed by atoms with Crippen LogP contribution in [0, 0.1) is 5.82 Å². The Hall–Kier alpha value is -0.580. The van der Waals surface area contributed by atoms with Gasteiger partial charge in [-0.15, -0.1) is 11.8 Å². The van der Waals surface area contributed by atoms with Crippen molar-refractivity contribution >= 4 is 11.8 Å². The van der Waals surface area contributed by atoms with E-state index in [1.807, 2.05) is 12.1 Å². The summed E-state index contributed by atoms with van der Waals surface area (Å²) in [6.45, 7) is 5.85. The molecule has 0 unspecified atom stereocenters. The van der Waals surface area contributed by atoms with Crippen LogP contribution < -0.4 is 0 Å². The predicted molar refractivity (Wildman–Crippen MR) is 87.4 cm³/mol. The van der Waals surface area contributed by atoms with Crippen molar-refractivity contribution in [1.82, 2.24) is 9.80 Å². The minimum Gasteiger partial charge on any atom is -0.300 e. The fraction of sp³-hybridized carbons (Fsp3) is 0.647.